The van der Waals surface area contributed by atoms with Gasteiger partial charge in [0.2, 0.25) is 0 Å². The van der Waals surface area contributed by atoms with Gasteiger partial charge in [0.15, 0.2) is 0 Å². The second kappa shape index (κ2) is 8.46. The molecule has 156 valence electrons. The van der Waals surface area contributed by atoms with Crippen LogP contribution in [0.25, 0.3) is 0 Å². The maximum Gasteiger partial charge on any atom is 0.411 e. The number of ether oxygens (including phenoxy) is 3. The summed E-state index contributed by atoms with van der Waals surface area (Å²) in [5, 5.41) is 0. The maximum absolute atomic E-state index is 12.7. The molecule has 0 spiro atoms. The second-order valence-electron chi connectivity index (χ2n) is 9.05. The molecular formula is C19H34N2O6. The second-order valence-corrected chi connectivity index (χ2v) is 9.05. The zero-order chi connectivity index (χ0) is 21.0. The maximum atomic E-state index is 12.7. The Morgan fingerprint density at radius 1 is 1.07 bits per heavy atom. The van der Waals surface area contributed by atoms with Gasteiger partial charge in [0, 0.05) is 18.5 Å². The van der Waals surface area contributed by atoms with Crippen LogP contribution in [-0.4, -0.2) is 59.9 Å². The van der Waals surface area contributed by atoms with Crippen LogP contribution in [0, 0.1) is 5.41 Å². The molecular weight excluding hydrogens is 352 g/mol. The Labute approximate surface area is 161 Å². The Morgan fingerprint density at radius 3 is 2.07 bits per heavy atom. The zero-order valence-corrected chi connectivity index (χ0v) is 17.6. The molecule has 1 rings (SSSR count). The molecule has 1 amide bonds. The smallest absolute Gasteiger partial charge is 0.411 e. The Balaban J connectivity index is 3.12. The fourth-order valence-electron chi connectivity index (χ4n) is 3.02. The van der Waals surface area contributed by atoms with Crippen molar-refractivity contribution in [1.29, 1.82) is 0 Å². The molecule has 0 radical (unpaired) electrons. The van der Waals surface area contributed by atoms with Gasteiger partial charge in [0.1, 0.15) is 17.2 Å². The first-order valence-electron chi connectivity index (χ1n) is 9.30. The van der Waals surface area contributed by atoms with Crippen molar-refractivity contribution < 1.29 is 28.6 Å². The summed E-state index contributed by atoms with van der Waals surface area (Å²) < 4.78 is 16.0. The number of rotatable bonds is 5. The highest BCUT2D eigenvalue weighted by Crippen LogP contribution is 2.39. The predicted octanol–water partition coefficient (Wildman–Crippen LogP) is 2.24. The number of esters is 2. The molecule has 0 bridgehead atoms. The van der Waals surface area contributed by atoms with Crippen LogP contribution in [0.3, 0.4) is 0 Å². The summed E-state index contributed by atoms with van der Waals surface area (Å²) in [7, 11) is 0. The van der Waals surface area contributed by atoms with Crippen LogP contribution in [0.4, 0.5) is 4.79 Å². The first kappa shape index (κ1) is 23.2. The molecule has 27 heavy (non-hydrogen) atoms. The number of carbonyl (C=O) groups excluding carboxylic acids is 3. The molecule has 2 N–H and O–H groups in total. The fourth-order valence-corrected chi connectivity index (χ4v) is 3.02. The number of carbonyl (C=O) groups is 3. The van der Waals surface area contributed by atoms with Gasteiger partial charge in [-0.25, -0.2) is 9.59 Å². The SMILES string of the molecule is CCOC(=O)CC1(CN)C[C@@H](C(=O)OC(C)(C)C)N(C(=O)OC(C)(C)C)C1. The van der Waals surface area contributed by atoms with Crippen LogP contribution >= 0.6 is 0 Å². The minimum absolute atomic E-state index is 0.0237. The van der Waals surface area contributed by atoms with E-state index < -0.39 is 40.7 Å². The molecule has 1 aliphatic rings. The van der Waals surface area contributed by atoms with Gasteiger partial charge in [-0.05, 0) is 54.9 Å². The third-order valence-electron chi connectivity index (χ3n) is 4.07. The van der Waals surface area contributed by atoms with Gasteiger partial charge in [-0.1, -0.05) is 0 Å². The Morgan fingerprint density at radius 2 is 1.63 bits per heavy atom. The highest BCUT2D eigenvalue weighted by molar-refractivity contribution is 5.83. The molecule has 1 unspecified atom stereocenters. The van der Waals surface area contributed by atoms with Crippen molar-refractivity contribution in [3.8, 4) is 0 Å². The molecule has 1 aliphatic heterocycles. The van der Waals surface area contributed by atoms with Crippen LogP contribution < -0.4 is 5.73 Å². The van der Waals surface area contributed by atoms with Gasteiger partial charge in [-0.2, -0.15) is 0 Å². The average molecular weight is 386 g/mol. The van der Waals surface area contributed by atoms with E-state index in [9.17, 15) is 14.4 Å². The molecule has 2 atom stereocenters. The van der Waals surface area contributed by atoms with Gasteiger partial charge in [0.25, 0.3) is 0 Å². The average Bonchev–Trinajstić information content (AvgIpc) is 2.84. The van der Waals surface area contributed by atoms with Gasteiger partial charge in [-0.3, -0.25) is 9.69 Å². The monoisotopic (exact) mass is 386 g/mol. The van der Waals surface area contributed by atoms with Gasteiger partial charge in [-0.15, -0.1) is 0 Å². The predicted molar refractivity (Wildman–Crippen MR) is 99.9 cm³/mol. The molecule has 8 nitrogen and oxygen atoms in total. The summed E-state index contributed by atoms with van der Waals surface area (Å²) in [5.74, 6) is -0.940. The van der Waals surface area contributed by atoms with Gasteiger partial charge >= 0.3 is 18.0 Å². The molecule has 1 fully saturated rings. The summed E-state index contributed by atoms with van der Waals surface area (Å²) in [5.41, 5.74) is 3.77. The number of hydrogen-bond acceptors (Lipinski definition) is 7. The Hall–Kier alpha value is -1.83. The molecule has 1 heterocycles. The van der Waals surface area contributed by atoms with Crippen LogP contribution in [0.15, 0.2) is 0 Å². The topological polar surface area (TPSA) is 108 Å². The highest BCUT2D eigenvalue weighted by Gasteiger charge is 2.51. The lowest BCUT2D eigenvalue weighted by atomic mass is 9.82. The van der Waals surface area contributed by atoms with Crippen molar-refractivity contribution in [2.75, 3.05) is 19.7 Å². The summed E-state index contributed by atoms with van der Waals surface area (Å²) >= 11 is 0. The minimum atomic E-state index is -0.864. The van der Waals surface area contributed by atoms with Crippen molar-refractivity contribution in [2.45, 2.75) is 78.6 Å². The lowest BCUT2D eigenvalue weighted by Gasteiger charge is -2.30. The largest absolute Gasteiger partial charge is 0.466 e. The van der Waals surface area contributed by atoms with E-state index in [2.05, 4.69) is 0 Å². The molecule has 0 aromatic carbocycles. The molecule has 8 heteroatoms. The lowest BCUT2D eigenvalue weighted by molar-refractivity contribution is -0.160. The van der Waals surface area contributed by atoms with Crippen LogP contribution in [0.5, 0.6) is 0 Å². The van der Waals surface area contributed by atoms with Gasteiger partial charge in [0.05, 0.1) is 13.0 Å². The summed E-state index contributed by atoms with van der Waals surface area (Å²) in [6.07, 6.45) is -0.385. The van der Waals surface area contributed by atoms with E-state index in [0.29, 0.717) is 0 Å². The fraction of sp³-hybridized carbons (Fsp3) is 0.842. The molecule has 1 saturated heterocycles. The van der Waals surface area contributed by atoms with Crippen LogP contribution in [-0.2, 0) is 23.8 Å². The normalized spacial score (nSPS) is 23.1. The van der Waals surface area contributed by atoms with Crippen molar-refractivity contribution >= 4 is 18.0 Å². The molecule has 0 saturated carbocycles. The first-order chi connectivity index (χ1) is 12.2. The Bertz CT molecular complexity index is 526. The molecule has 0 aromatic rings. The van der Waals surface area contributed by atoms with Crippen molar-refractivity contribution in [3.63, 3.8) is 0 Å². The third kappa shape index (κ3) is 7.01. The summed E-state index contributed by atoms with van der Waals surface area (Å²) in [6.45, 7) is 12.7. The first-order valence-corrected chi connectivity index (χ1v) is 9.30. The van der Waals surface area contributed by atoms with Crippen LogP contribution in [0.1, 0.15) is 61.3 Å². The quantitative estimate of drug-likeness (QED) is 0.570. The van der Waals surface area contributed by atoms with Crippen molar-refractivity contribution in [1.82, 2.24) is 4.90 Å². The van der Waals surface area contributed by atoms with E-state index in [1.54, 1.807) is 48.5 Å². The van der Waals surface area contributed by atoms with Crippen molar-refractivity contribution in [2.24, 2.45) is 11.1 Å². The summed E-state index contributed by atoms with van der Waals surface area (Å²) in [4.78, 5) is 38.8. The lowest BCUT2D eigenvalue weighted by Crippen LogP contribution is -2.46. The highest BCUT2D eigenvalue weighted by atomic mass is 16.6. The summed E-state index contributed by atoms with van der Waals surface area (Å²) in [6, 6.07) is -0.864. The van der Waals surface area contributed by atoms with Crippen LogP contribution in [0.2, 0.25) is 0 Å². The van der Waals surface area contributed by atoms with E-state index in [1.807, 2.05) is 0 Å². The standard InChI is InChI=1S/C19H34N2O6/c1-8-25-14(22)10-19(11-20)9-13(15(23)26-17(2,3)4)21(12-19)16(24)27-18(5,6)7/h13H,8-12,20H2,1-7H3/t13-,19?/m0/s1. The Kier molecular flexibility index (Phi) is 7.27. The molecule has 0 aromatic heterocycles. The van der Waals surface area contributed by atoms with E-state index in [4.69, 9.17) is 19.9 Å². The van der Waals surface area contributed by atoms with E-state index in [0.717, 1.165) is 0 Å². The number of nitrogens with zero attached hydrogens (tertiary/aromatic N) is 1. The van der Waals surface area contributed by atoms with E-state index in [-0.39, 0.29) is 32.5 Å². The number of hydrogen-bond donors (Lipinski definition) is 1. The van der Waals surface area contributed by atoms with Gasteiger partial charge < -0.3 is 19.9 Å². The number of likely N-dealkylation sites (tertiary alicyclic amines) is 1. The zero-order valence-electron chi connectivity index (χ0n) is 17.6. The van der Waals surface area contributed by atoms with E-state index in [1.165, 1.54) is 4.90 Å². The number of amides is 1. The minimum Gasteiger partial charge on any atom is -0.466 e. The third-order valence-corrected chi connectivity index (χ3v) is 4.07. The number of nitrogens with two attached hydrogens (primary N) is 1. The van der Waals surface area contributed by atoms with Crippen molar-refractivity contribution in [3.05, 3.63) is 0 Å². The molecule has 0 aliphatic carbocycles. The van der Waals surface area contributed by atoms with E-state index >= 15 is 0 Å².